The maximum Gasteiger partial charge on any atom is 0.173 e. The van der Waals surface area contributed by atoms with Gasteiger partial charge in [0.1, 0.15) is 5.82 Å². The number of nitrogen functional groups attached to an aromatic ring is 1. The van der Waals surface area contributed by atoms with Crippen molar-refractivity contribution in [1.29, 1.82) is 0 Å². The van der Waals surface area contributed by atoms with E-state index in [1.165, 1.54) is 0 Å². The molecule has 0 bridgehead atoms. The van der Waals surface area contributed by atoms with E-state index in [1.54, 1.807) is 0 Å². The summed E-state index contributed by atoms with van der Waals surface area (Å²) in [5.41, 5.74) is 7.48. The molecule has 1 aromatic heterocycles. The van der Waals surface area contributed by atoms with Crippen molar-refractivity contribution in [1.82, 2.24) is 15.2 Å². The molecule has 0 amide bonds. The van der Waals surface area contributed by atoms with Gasteiger partial charge in [-0.25, -0.2) is 4.98 Å². The fraction of sp³-hybridized carbons (Fsp3) is 0.167. The van der Waals surface area contributed by atoms with Crippen molar-refractivity contribution < 1.29 is 0 Å². The Bertz CT molecular complexity index is 499. The molecule has 2 rings (SSSR count). The molecule has 1 aromatic carbocycles. The average molecular weight is 214 g/mol. The van der Waals surface area contributed by atoms with Crippen LogP contribution in [0.25, 0.3) is 12.2 Å². The summed E-state index contributed by atoms with van der Waals surface area (Å²) in [7, 11) is 0. The third-order valence-electron chi connectivity index (χ3n) is 2.22. The van der Waals surface area contributed by atoms with E-state index in [-0.39, 0.29) is 0 Å². The average Bonchev–Trinajstić information content (AvgIpc) is 2.74. The van der Waals surface area contributed by atoms with Gasteiger partial charge in [-0.15, -0.1) is 0 Å². The van der Waals surface area contributed by atoms with E-state index in [0.717, 1.165) is 23.5 Å². The first kappa shape index (κ1) is 10.4. The van der Waals surface area contributed by atoms with Crippen molar-refractivity contribution in [2.75, 3.05) is 5.73 Å². The van der Waals surface area contributed by atoms with E-state index >= 15 is 0 Å². The normalized spacial score (nSPS) is 11.1. The van der Waals surface area contributed by atoms with Gasteiger partial charge in [0, 0.05) is 12.1 Å². The van der Waals surface area contributed by atoms with Gasteiger partial charge in [0.2, 0.25) is 0 Å². The molecule has 0 saturated carbocycles. The molecule has 82 valence electrons. The van der Waals surface area contributed by atoms with Crippen LogP contribution in [0.4, 0.5) is 5.69 Å². The molecule has 4 heteroatoms. The topological polar surface area (TPSA) is 67.6 Å². The maximum absolute atomic E-state index is 5.68. The lowest BCUT2D eigenvalue weighted by atomic mass is 10.2. The summed E-state index contributed by atoms with van der Waals surface area (Å²) in [5, 5.41) is 6.94. The largest absolute Gasteiger partial charge is 0.399 e. The minimum atomic E-state index is 0.694. The molecule has 0 aliphatic carbocycles. The van der Waals surface area contributed by atoms with Gasteiger partial charge in [0.05, 0.1) is 0 Å². The Morgan fingerprint density at radius 1 is 1.38 bits per heavy atom. The van der Waals surface area contributed by atoms with E-state index in [1.807, 2.05) is 43.3 Å². The highest BCUT2D eigenvalue weighted by atomic mass is 15.2. The molecule has 16 heavy (non-hydrogen) atoms. The van der Waals surface area contributed by atoms with E-state index in [0.29, 0.717) is 5.82 Å². The third kappa shape index (κ3) is 2.48. The van der Waals surface area contributed by atoms with Crippen LogP contribution in [0.1, 0.15) is 24.1 Å². The molecular formula is C12H14N4. The molecule has 1 heterocycles. The number of aryl methyl sites for hydroxylation is 1. The Kier molecular flexibility index (Phi) is 3.00. The van der Waals surface area contributed by atoms with Crippen LogP contribution < -0.4 is 5.73 Å². The van der Waals surface area contributed by atoms with Crippen LogP contribution in [0.15, 0.2) is 24.3 Å². The summed E-state index contributed by atoms with van der Waals surface area (Å²) in [6.45, 7) is 2.03. The summed E-state index contributed by atoms with van der Waals surface area (Å²) >= 11 is 0. The first-order valence-corrected chi connectivity index (χ1v) is 5.23. The van der Waals surface area contributed by atoms with Gasteiger partial charge in [0.15, 0.2) is 5.82 Å². The second-order valence-corrected chi connectivity index (χ2v) is 3.50. The van der Waals surface area contributed by atoms with E-state index in [9.17, 15) is 0 Å². The molecule has 4 nitrogen and oxygen atoms in total. The molecular weight excluding hydrogens is 200 g/mol. The first-order valence-electron chi connectivity index (χ1n) is 5.23. The highest BCUT2D eigenvalue weighted by Gasteiger charge is 1.96. The standard InChI is InChI=1S/C12H14N4/c1-2-11-14-12(16-15-11)7-6-9-4-3-5-10(13)8-9/h3-8H,2,13H2,1H3,(H,14,15,16)/b7-6+. The highest BCUT2D eigenvalue weighted by molar-refractivity contribution is 5.68. The van der Waals surface area contributed by atoms with Gasteiger partial charge in [-0.1, -0.05) is 25.1 Å². The minimum Gasteiger partial charge on any atom is -0.399 e. The SMILES string of the molecule is CCc1nc(/C=C/c2cccc(N)c2)n[nH]1. The van der Waals surface area contributed by atoms with Crippen LogP contribution in [-0.4, -0.2) is 15.2 Å². The summed E-state index contributed by atoms with van der Waals surface area (Å²) in [6, 6.07) is 7.67. The van der Waals surface area contributed by atoms with E-state index in [2.05, 4.69) is 15.2 Å². The number of nitrogens with two attached hydrogens (primary N) is 1. The number of aromatic amines is 1. The number of hydrogen-bond acceptors (Lipinski definition) is 3. The second-order valence-electron chi connectivity index (χ2n) is 3.50. The molecule has 0 fully saturated rings. The van der Waals surface area contributed by atoms with Crippen molar-refractivity contribution in [3.63, 3.8) is 0 Å². The van der Waals surface area contributed by atoms with Crippen LogP contribution in [0, 0.1) is 0 Å². The van der Waals surface area contributed by atoms with Crippen LogP contribution >= 0.6 is 0 Å². The van der Waals surface area contributed by atoms with Gasteiger partial charge in [-0.05, 0) is 23.8 Å². The van der Waals surface area contributed by atoms with Crippen molar-refractivity contribution in [2.45, 2.75) is 13.3 Å². The summed E-state index contributed by atoms with van der Waals surface area (Å²) in [4.78, 5) is 4.28. The van der Waals surface area contributed by atoms with Crippen LogP contribution in [0.5, 0.6) is 0 Å². The predicted molar refractivity (Wildman–Crippen MR) is 65.5 cm³/mol. The number of rotatable bonds is 3. The summed E-state index contributed by atoms with van der Waals surface area (Å²) in [6.07, 6.45) is 4.67. The quantitative estimate of drug-likeness (QED) is 0.769. The van der Waals surface area contributed by atoms with Crippen LogP contribution in [0.2, 0.25) is 0 Å². The predicted octanol–water partition coefficient (Wildman–Crippen LogP) is 2.12. The molecule has 0 saturated heterocycles. The Balaban J connectivity index is 2.14. The molecule has 0 aliphatic rings. The third-order valence-corrected chi connectivity index (χ3v) is 2.22. The van der Waals surface area contributed by atoms with Crippen LogP contribution in [0.3, 0.4) is 0 Å². The molecule has 0 atom stereocenters. The lowest BCUT2D eigenvalue weighted by Gasteiger charge is -1.94. The Hall–Kier alpha value is -2.10. The number of anilines is 1. The lowest BCUT2D eigenvalue weighted by molar-refractivity contribution is 0.946. The van der Waals surface area contributed by atoms with Crippen molar-refractivity contribution in [3.8, 4) is 0 Å². The van der Waals surface area contributed by atoms with E-state index < -0.39 is 0 Å². The first-order chi connectivity index (χ1) is 7.78. The molecule has 0 radical (unpaired) electrons. The Morgan fingerprint density at radius 2 is 2.25 bits per heavy atom. The van der Waals surface area contributed by atoms with Crippen molar-refractivity contribution in [2.24, 2.45) is 0 Å². The fourth-order valence-electron chi connectivity index (χ4n) is 1.38. The van der Waals surface area contributed by atoms with Crippen molar-refractivity contribution in [3.05, 3.63) is 41.5 Å². The zero-order valence-corrected chi connectivity index (χ0v) is 9.14. The number of nitrogens with zero attached hydrogens (tertiary/aromatic N) is 2. The number of nitrogens with one attached hydrogen (secondary N) is 1. The zero-order chi connectivity index (χ0) is 11.4. The molecule has 0 aliphatic heterocycles. The molecule has 0 spiro atoms. The second kappa shape index (κ2) is 4.61. The van der Waals surface area contributed by atoms with Gasteiger partial charge < -0.3 is 5.73 Å². The smallest absolute Gasteiger partial charge is 0.173 e. The van der Waals surface area contributed by atoms with Gasteiger partial charge in [-0.2, -0.15) is 5.10 Å². The molecule has 2 aromatic rings. The number of benzene rings is 1. The molecule has 3 N–H and O–H groups in total. The Morgan fingerprint density at radius 3 is 2.94 bits per heavy atom. The summed E-state index contributed by atoms with van der Waals surface area (Å²) < 4.78 is 0. The molecule has 0 unspecified atom stereocenters. The van der Waals surface area contributed by atoms with Gasteiger partial charge in [-0.3, -0.25) is 5.10 Å². The minimum absolute atomic E-state index is 0.694. The van der Waals surface area contributed by atoms with Gasteiger partial charge >= 0.3 is 0 Å². The summed E-state index contributed by atoms with van der Waals surface area (Å²) in [5.74, 6) is 1.59. The maximum atomic E-state index is 5.68. The van der Waals surface area contributed by atoms with Crippen molar-refractivity contribution >= 4 is 17.8 Å². The fourth-order valence-corrected chi connectivity index (χ4v) is 1.38. The van der Waals surface area contributed by atoms with E-state index in [4.69, 9.17) is 5.73 Å². The number of hydrogen-bond donors (Lipinski definition) is 2. The zero-order valence-electron chi connectivity index (χ0n) is 9.14. The lowest BCUT2D eigenvalue weighted by Crippen LogP contribution is -1.83. The Labute approximate surface area is 94.2 Å². The van der Waals surface area contributed by atoms with Crippen LogP contribution in [-0.2, 0) is 6.42 Å². The monoisotopic (exact) mass is 214 g/mol. The highest BCUT2D eigenvalue weighted by Crippen LogP contribution is 2.09. The number of H-pyrrole nitrogens is 1. The number of aromatic nitrogens is 3. The van der Waals surface area contributed by atoms with Gasteiger partial charge in [0.25, 0.3) is 0 Å².